The molecule has 0 saturated carbocycles. The second-order valence-electron chi connectivity index (χ2n) is 5.75. The maximum absolute atomic E-state index is 12.5. The fourth-order valence-electron chi connectivity index (χ4n) is 2.56. The lowest BCUT2D eigenvalue weighted by Crippen LogP contribution is -2.42. The van der Waals surface area contributed by atoms with Crippen LogP contribution in [-0.2, 0) is 17.4 Å². The fraction of sp³-hybridized carbons (Fsp3) is 0.105. The molecule has 2 N–H and O–H groups in total. The molecule has 0 atom stereocenters. The summed E-state index contributed by atoms with van der Waals surface area (Å²) < 4.78 is 37.4. The Morgan fingerprint density at radius 1 is 0.926 bits per heavy atom. The van der Waals surface area contributed by atoms with Crippen LogP contribution < -0.4 is 10.9 Å². The van der Waals surface area contributed by atoms with E-state index in [0.29, 0.717) is 6.07 Å². The predicted molar refractivity (Wildman–Crippen MR) is 92.5 cm³/mol. The van der Waals surface area contributed by atoms with Crippen LogP contribution >= 0.6 is 0 Å². The van der Waals surface area contributed by atoms with Crippen molar-refractivity contribution in [3.8, 4) is 0 Å². The third-order valence-electron chi connectivity index (χ3n) is 3.86. The molecule has 1 aromatic heterocycles. The lowest BCUT2D eigenvalue weighted by molar-refractivity contribution is -0.141. The zero-order valence-corrected chi connectivity index (χ0v) is 13.9. The Bertz CT molecular complexity index is 980. The van der Waals surface area contributed by atoms with Crippen LogP contribution in [0.3, 0.4) is 0 Å². The van der Waals surface area contributed by atoms with Crippen molar-refractivity contribution in [3.05, 3.63) is 77.6 Å². The lowest BCUT2D eigenvalue weighted by atomic mass is 10.0. The van der Waals surface area contributed by atoms with Gasteiger partial charge in [0.2, 0.25) is 5.91 Å². The molecule has 0 spiro atoms. The minimum absolute atomic E-state index is 0.0346. The molecular formula is C19H14F3N3O2. The molecule has 5 nitrogen and oxygen atoms in total. The summed E-state index contributed by atoms with van der Waals surface area (Å²) in [4.78, 5) is 27.2. The molecule has 0 aliphatic carbocycles. The standard InChI is InChI=1S/C19H14F3N3O2/c20-19(21,22)16-9-8-14(11-23-16)18(27)25-24-17(26)10-13-6-3-5-12-4-1-2-7-15(12)13/h1-9,11H,10H2,(H,24,26)(H,25,27). The quantitative estimate of drug-likeness (QED) is 0.693. The number of amides is 2. The van der Waals surface area contributed by atoms with Crippen molar-refractivity contribution in [1.29, 1.82) is 0 Å². The van der Waals surface area contributed by atoms with Crippen molar-refractivity contribution in [2.24, 2.45) is 0 Å². The number of nitrogens with zero attached hydrogens (tertiary/aromatic N) is 1. The normalized spacial score (nSPS) is 11.2. The highest BCUT2D eigenvalue weighted by Gasteiger charge is 2.32. The summed E-state index contributed by atoms with van der Waals surface area (Å²) >= 11 is 0. The minimum Gasteiger partial charge on any atom is -0.273 e. The number of hydrogen-bond acceptors (Lipinski definition) is 3. The molecule has 2 aromatic carbocycles. The van der Waals surface area contributed by atoms with Crippen LogP contribution in [0.4, 0.5) is 13.2 Å². The van der Waals surface area contributed by atoms with Gasteiger partial charge in [-0.1, -0.05) is 42.5 Å². The number of hydrazine groups is 1. The highest BCUT2D eigenvalue weighted by molar-refractivity contribution is 5.96. The van der Waals surface area contributed by atoms with E-state index in [2.05, 4.69) is 15.8 Å². The summed E-state index contributed by atoms with van der Waals surface area (Å²) in [7, 11) is 0. The Kier molecular flexibility index (Phi) is 5.07. The van der Waals surface area contributed by atoms with Crippen molar-refractivity contribution in [1.82, 2.24) is 15.8 Å². The van der Waals surface area contributed by atoms with Crippen LogP contribution in [0.5, 0.6) is 0 Å². The van der Waals surface area contributed by atoms with E-state index in [-0.39, 0.29) is 12.0 Å². The van der Waals surface area contributed by atoms with Gasteiger partial charge in [0.1, 0.15) is 5.69 Å². The Balaban J connectivity index is 1.61. The minimum atomic E-state index is -4.58. The number of carbonyl (C=O) groups is 2. The third kappa shape index (κ3) is 4.41. The SMILES string of the molecule is O=C(Cc1cccc2ccccc12)NNC(=O)c1ccc(C(F)(F)F)nc1. The largest absolute Gasteiger partial charge is 0.433 e. The van der Waals surface area contributed by atoms with Gasteiger partial charge < -0.3 is 0 Å². The zero-order valence-electron chi connectivity index (χ0n) is 13.9. The first kappa shape index (κ1) is 18.4. The lowest BCUT2D eigenvalue weighted by Gasteiger charge is -2.10. The molecule has 0 bridgehead atoms. The van der Waals surface area contributed by atoms with E-state index in [0.717, 1.165) is 28.6 Å². The van der Waals surface area contributed by atoms with Gasteiger partial charge in [0.05, 0.1) is 12.0 Å². The molecule has 0 unspecified atom stereocenters. The number of hydrogen-bond donors (Lipinski definition) is 2. The van der Waals surface area contributed by atoms with Gasteiger partial charge in [0.15, 0.2) is 0 Å². The molecule has 8 heteroatoms. The molecule has 138 valence electrons. The monoisotopic (exact) mass is 373 g/mol. The second-order valence-corrected chi connectivity index (χ2v) is 5.75. The number of alkyl halides is 3. The van der Waals surface area contributed by atoms with E-state index in [4.69, 9.17) is 0 Å². The molecule has 0 fully saturated rings. The van der Waals surface area contributed by atoms with Crippen LogP contribution in [0.15, 0.2) is 60.8 Å². The van der Waals surface area contributed by atoms with E-state index < -0.39 is 23.7 Å². The van der Waals surface area contributed by atoms with Crippen LogP contribution in [0.2, 0.25) is 0 Å². The molecule has 27 heavy (non-hydrogen) atoms. The van der Waals surface area contributed by atoms with Gasteiger partial charge in [-0.3, -0.25) is 25.4 Å². The van der Waals surface area contributed by atoms with Crippen LogP contribution in [0.1, 0.15) is 21.6 Å². The number of carbonyl (C=O) groups excluding carboxylic acids is 2. The maximum atomic E-state index is 12.5. The van der Waals surface area contributed by atoms with Crippen molar-refractivity contribution >= 4 is 22.6 Å². The molecular weight excluding hydrogens is 359 g/mol. The van der Waals surface area contributed by atoms with E-state index in [1.165, 1.54) is 0 Å². The summed E-state index contributed by atoms with van der Waals surface area (Å²) in [6.07, 6.45) is -3.75. The van der Waals surface area contributed by atoms with Crippen molar-refractivity contribution in [2.75, 3.05) is 0 Å². The Morgan fingerprint density at radius 3 is 2.37 bits per heavy atom. The van der Waals surface area contributed by atoms with Crippen LogP contribution in [0, 0.1) is 0 Å². The topological polar surface area (TPSA) is 71.1 Å². The molecule has 2 amide bonds. The fourth-order valence-corrected chi connectivity index (χ4v) is 2.56. The third-order valence-corrected chi connectivity index (χ3v) is 3.86. The Hall–Kier alpha value is -3.42. The van der Waals surface area contributed by atoms with E-state index in [9.17, 15) is 22.8 Å². The number of benzene rings is 2. The summed E-state index contributed by atoms with van der Waals surface area (Å²) in [5.74, 6) is -1.22. The maximum Gasteiger partial charge on any atom is 0.433 e. The number of aromatic nitrogens is 1. The Morgan fingerprint density at radius 2 is 1.67 bits per heavy atom. The first-order valence-corrected chi connectivity index (χ1v) is 7.93. The summed E-state index contributed by atoms with van der Waals surface area (Å²) in [5.41, 5.74) is 4.00. The molecule has 1 heterocycles. The molecule has 3 rings (SSSR count). The van der Waals surface area contributed by atoms with Gasteiger partial charge >= 0.3 is 6.18 Å². The first-order chi connectivity index (χ1) is 12.8. The molecule has 0 aliphatic heterocycles. The summed E-state index contributed by atoms with van der Waals surface area (Å²) in [6, 6.07) is 14.8. The number of halogens is 3. The van der Waals surface area contributed by atoms with Gasteiger partial charge in [-0.05, 0) is 28.5 Å². The zero-order chi connectivity index (χ0) is 19.4. The number of rotatable bonds is 3. The Labute approximate surface area is 152 Å². The highest BCUT2D eigenvalue weighted by atomic mass is 19.4. The first-order valence-electron chi connectivity index (χ1n) is 7.93. The average Bonchev–Trinajstić information content (AvgIpc) is 2.66. The van der Waals surface area contributed by atoms with Crippen molar-refractivity contribution in [2.45, 2.75) is 12.6 Å². The van der Waals surface area contributed by atoms with Crippen LogP contribution in [-0.4, -0.2) is 16.8 Å². The molecule has 0 radical (unpaired) electrons. The number of fused-ring (bicyclic) bond motifs is 1. The van der Waals surface area contributed by atoms with Gasteiger partial charge in [0, 0.05) is 6.20 Å². The number of nitrogens with one attached hydrogen (secondary N) is 2. The highest BCUT2D eigenvalue weighted by Crippen LogP contribution is 2.27. The van der Waals surface area contributed by atoms with Gasteiger partial charge in [-0.15, -0.1) is 0 Å². The molecule has 0 aliphatic rings. The van der Waals surface area contributed by atoms with Gasteiger partial charge in [-0.25, -0.2) is 0 Å². The van der Waals surface area contributed by atoms with Crippen molar-refractivity contribution in [3.63, 3.8) is 0 Å². The van der Waals surface area contributed by atoms with Gasteiger partial charge in [0.25, 0.3) is 5.91 Å². The second kappa shape index (κ2) is 7.45. The van der Waals surface area contributed by atoms with Gasteiger partial charge in [-0.2, -0.15) is 13.2 Å². The summed E-state index contributed by atoms with van der Waals surface area (Å²) in [5, 5.41) is 1.91. The smallest absolute Gasteiger partial charge is 0.273 e. The van der Waals surface area contributed by atoms with Crippen LogP contribution in [0.25, 0.3) is 10.8 Å². The summed E-state index contributed by atoms with van der Waals surface area (Å²) in [6.45, 7) is 0. The molecule has 0 saturated heterocycles. The van der Waals surface area contributed by atoms with E-state index >= 15 is 0 Å². The predicted octanol–water partition coefficient (Wildman–Crippen LogP) is 3.26. The number of pyridine rings is 1. The van der Waals surface area contributed by atoms with E-state index in [1.54, 1.807) is 0 Å². The molecule has 3 aromatic rings. The van der Waals surface area contributed by atoms with E-state index in [1.807, 2.05) is 42.5 Å². The van der Waals surface area contributed by atoms with Crippen molar-refractivity contribution < 1.29 is 22.8 Å². The average molecular weight is 373 g/mol.